The molecule has 4 atom stereocenters. The number of nitrogens with two attached hydrogens (primary N) is 1. The number of pyridine rings is 1. The summed E-state index contributed by atoms with van der Waals surface area (Å²) >= 11 is 0. The fourth-order valence-electron chi connectivity index (χ4n) is 5.55. The highest BCUT2D eigenvalue weighted by atomic mass is 16.5. The van der Waals surface area contributed by atoms with Crippen molar-refractivity contribution < 1.29 is 14.3 Å². The Bertz CT molecular complexity index is 794. The lowest BCUT2D eigenvalue weighted by Crippen LogP contribution is -2.45. The van der Waals surface area contributed by atoms with Gasteiger partial charge < -0.3 is 20.7 Å². The second-order valence-electron chi connectivity index (χ2n) is 9.52. The van der Waals surface area contributed by atoms with Crippen LogP contribution in [0.15, 0.2) is 18.3 Å². The van der Waals surface area contributed by atoms with Crippen LogP contribution in [0.5, 0.6) is 0 Å². The molecule has 0 unspecified atom stereocenters. The van der Waals surface area contributed by atoms with Crippen molar-refractivity contribution in [3.05, 3.63) is 23.9 Å². The zero-order valence-electron chi connectivity index (χ0n) is 17.6. The molecule has 2 bridgehead atoms. The van der Waals surface area contributed by atoms with E-state index in [1.807, 2.05) is 19.9 Å². The standard InChI is InChI=1S/C22H32N4O3/c1-4-8-21(2,3)20(28)25-11-15-16-12-26(13-22(16)9-7-17(15)29-22)18-6-5-14(10-24-18)19(23)27/h5-6,10,15-17H,4,7-9,11-13H2,1-3H3,(H2,23,27)(H,25,28)/t15-,16+,17+,22+/m0/s1. The van der Waals surface area contributed by atoms with Crippen LogP contribution in [0.1, 0.15) is 56.8 Å². The van der Waals surface area contributed by atoms with Gasteiger partial charge in [0, 0.05) is 43.1 Å². The van der Waals surface area contributed by atoms with Crippen molar-refractivity contribution in [1.82, 2.24) is 10.3 Å². The predicted molar refractivity (Wildman–Crippen MR) is 110 cm³/mol. The number of nitrogens with one attached hydrogen (secondary N) is 1. The van der Waals surface area contributed by atoms with Crippen LogP contribution in [-0.4, -0.2) is 48.1 Å². The minimum absolute atomic E-state index is 0.134. The van der Waals surface area contributed by atoms with Gasteiger partial charge in [-0.1, -0.05) is 27.2 Å². The summed E-state index contributed by atoms with van der Waals surface area (Å²) in [4.78, 5) is 30.6. The Morgan fingerprint density at radius 2 is 2.21 bits per heavy atom. The van der Waals surface area contributed by atoms with Gasteiger partial charge in [-0.25, -0.2) is 4.98 Å². The van der Waals surface area contributed by atoms with Crippen molar-refractivity contribution in [2.45, 2.75) is 58.2 Å². The zero-order valence-corrected chi connectivity index (χ0v) is 17.6. The molecular formula is C22H32N4O3. The number of ether oxygens (including phenoxy) is 1. The van der Waals surface area contributed by atoms with Crippen molar-refractivity contribution in [3.8, 4) is 0 Å². The normalized spacial score (nSPS) is 30.4. The molecule has 0 aromatic carbocycles. The van der Waals surface area contributed by atoms with Gasteiger partial charge >= 0.3 is 0 Å². The number of fused-ring (bicyclic) bond motifs is 1. The smallest absolute Gasteiger partial charge is 0.250 e. The summed E-state index contributed by atoms with van der Waals surface area (Å²) < 4.78 is 6.48. The molecule has 29 heavy (non-hydrogen) atoms. The first-order valence-electron chi connectivity index (χ1n) is 10.7. The summed E-state index contributed by atoms with van der Waals surface area (Å²) in [6, 6.07) is 3.58. The summed E-state index contributed by atoms with van der Waals surface area (Å²) in [7, 11) is 0. The lowest BCUT2D eigenvalue weighted by Gasteiger charge is -2.30. The highest BCUT2D eigenvalue weighted by molar-refractivity contribution is 5.92. The van der Waals surface area contributed by atoms with Crippen LogP contribution in [-0.2, 0) is 9.53 Å². The molecule has 7 heteroatoms. The van der Waals surface area contributed by atoms with Gasteiger partial charge in [-0.05, 0) is 31.4 Å². The summed E-state index contributed by atoms with van der Waals surface area (Å²) in [5.74, 6) is 1.23. The molecule has 158 valence electrons. The lowest BCUT2D eigenvalue weighted by atomic mass is 9.73. The number of amides is 2. The van der Waals surface area contributed by atoms with Crippen molar-refractivity contribution in [1.29, 1.82) is 0 Å². The van der Waals surface area contributed by atoms with Gasteiger partial charge in [0.05, 0.1) is 17.3 Å². The molecule has 7 nitrogen and oxygen atoms in total. The molecule has 0 saturated carbocycles. The monoisotopic (exact) mass is 400 g/mol. The molecule has 1 aromatic heterocycles. The molecule has 4 rings (SSSR count). The summed E-state index contributed by atoms with van der Waals surface area (Å²) in [6.45, 7) is 8.48. The average molecular weight is 401 g/mol. The van der Waals surface area contributed by atoms with Crippen molar-refractivity contribution in [2.75, 3.05) is 24.5 Å². The fourth-order valence-corrected chi connectivity index (χ4v) is 5.55. The maximum atomic E-state index is 12.7. The zero-order chi connectivity index (χ0) is 20.8. The quantitative estimate of drug-likeness (QED) is 0.731. The second kappa shape index (κ2) is 7.27. The van der Waals surface area contributed by atoms with E-state index < -0.39 is 5.91 Å². The van der Waals surface area contributed by atoms with Crippen LogP contribution in [0.2, 0.25) is 0 Å². The molecule has 3 saturated heterocycles. The van der Waals surface area contributed by atoms with E-state index in [1.54, 1.807) is 6.07 Å². The van der Waals surface area contributed by atoms with E-state index in [9.17, 15) is 9.59 Å². The lowest BCUT2D eigenvalue weighted by molar-refractivity contribution is -0.130. The van der Waals surface area contributed by atoms with Gasteiger partial charge in [0.15, 0.2) is 0 Å². The Morgan fingerprint density at radius 1 is 1.41 bits per heavy atom. The molecule has 1 spiro atoms. The average Bonchev–Trinajstić information content (AvgIpc) is 3.34. The maximum Gasteiger partial charge on any atom is 0.250 e. The van der Waals surface area contributed by atoms with Gasteiger partial charge in [0.1, 0.15) is 5.82 Å². The third-order valence-electron chi connectivity index (χ3n) is 7.13. The van der Waals surface area contributed by atoms with Crippen LogP contribution in [0.4, 0.5) is 5.82 Å². The molecule has 3 aliphatic rings. The van der Waals surface area contributed by atoms with E-state index in [0.29, 0.717) is 23.9 Å². The number of carbonyl (C=O) groups is 2. The van der Waals surface area contributed by atoms with Gasteiger partial charge in [-0.3, -0.25) is 9.59 Å². The Morgan fingerprint density at radius 3 is 2.86 bits per heavy atom. The number of anilines is 1. The molecular weight excluding hydrogens is 368 g/mol. The Labute approximate surface area is 172 Å². The molecule has 3 fully saturated rings. The summed E-state index contributed by atoms with van der Waals surface area (Å²) in [6.07, 6.45) is 5.77. The first-order valence-corrected chi connectivity index (χ1v) is 10.7. The van der Waals surface area contributed by atoms with E-state index in [2.05, 4.69) is 22.1 Å². The van der Waals surface area contributed by atoms with Gasteiger partial charge in [0.25, 0.3) is 0 Å². The second-order valence-corrected chi connectivity index (χ2v) is 9.52. The first kappa shape index (κ1) is 20.1. The Hall–Kier alpha value is -2.15. The van der Waals surface area contributed by atoms with E-state index in [-0.39, 0.29) is 23.0 Å². The van der Waals surface area contributed by atoms with Crippen molar-refractivity contribution in [2.24, 2.45) is 23.0 Å². The molecule has 2 amide bonds. The SMILES string of the molecule is CCCC(C)(C)C(=O)NC[C@H]1[C@H]2CN(c3ccc(C(N)=O)cn3)C[C@]23CC[C@H]1O3. The molecule has 3 aliphatic heterocycles. The molecule has 1 aromatic rings. The highest BCUT2D eigenvalue weighted by Gasteiger charge is 2.63. The van der Waals surface area contributed by atoms with Crippen LogP contribution in [0, 0.1) is 17.3 Å². The van der Waals surface area contributed by atoms with Crippen LogP contribution in [0.25, 0.3) is 0 Å². The van der Waals surface area contributed by atoms with Crippen molar-refractivity contribution in [3.63, 3.8) is 0 Å². The number of carbonyl (C=O) groups excluding carboxylic acids is 2. The van der Waals surface area contributed by atoms with E-state index >= 15 is 0 Å². The number of nitrogens with zero attached hydrogens (tertiary/aromatic N) is 2. The molecule has 3 N–H and O–H groups in total. The fraction of sp³-hybridized carbons (Fsp3) is 0.682. The Balaban J connectivity index is 1.44. The third-order valence-corrected chi connectivity index (χ3v) is 7.13. The number of primary amides is 1. The minimum Gasteiger partial charge on any atom is -0.369 e. The summed E-state index contributed by atoms with van der Waals surface area (Å²) in [5, 5.41) is 3.21. The predicted octanol–water partition coefficient (Wildman–Crippen LogP) is 2.11. The van der Waals surface area contributed by atoms with E-state index in [0.717, 1.165) is 44.6 Å². The number of aromatic nitrogens is 1. The molecule has 4 heterocycles. The molecule has 0 radical (unpaired) electrons. The van der Waals surface area contributed by atoms with Gasteiger partial charge in [-0.2, -0.15) is 0 Å². The largest absolute Gasteiger partial charge is 0.369 e. The number of rotatable bonds is 7. The van der Waals surface area contributed by atoms with Gasteiger partial charge in [0.2, 0.25) is 11.8 Å². The van der Waals surface area contributed by atoms with Crippen LogP contribution < -0.4 is 16.0 Å². The molecule has 0 aliphatic carbocycles. The van der Waals surface area contributed by atoms with Crippen molar-refractivity contribution >= 4 is 17.6 Å². The Kier molecular flexibility index (Phi) is 5.05. The number of hydrogen-bond acceptors (Lipinski definition) is 5. The van der Waals surface area contributed by atoms with Crippen LogP contribution >= 0.6 is 0 Å². The van der Waals surface area contributed by atoms with Crippen LogP contribution in [0.3, 0.4) is 0 Å². The van der Waals surface area contributed by atoms with Gasteiger partial charge in [-0.15, -0.1) is 0 Å². The van der Waals surface area contributed by atoms with E-state index in [1.165, 1.54) is 6.20 Å². The minimum atomic E-state index is -0.468. The first-order chi connectivity index (χ1) is 13.8. The summed E-state index contributed by atoms with van der Waals surface area (Å²) in [5.41, 5.74) is 5.26. The number of hydrogen-bond donors (Lipinski definition) is 2. The highest BCUT2D eigenvalue weighted by Crippen LogP contribution is 2.55. The van der Waals surface area contributed by atoms with E-state index in [4.69, 9.17) is 10.5 Å². The topological polar surface area (TPSA) is 97.6 Å². The maximum absolute atomic E-state index is 12.7. The third kappa shape index (κ3) is 3.50.